The first kappa shape index (κ1) is 48.1. The summed E-state index contributed by atoms with van der Waals surface area (Å²) in [5.74, 6) is -5.93. The third-order valence-electron chi connectivity index (χ3n) is 13.4. The summed E-state index contributed by atoms with van der Waals surface area (Å²) in [5, 5.41) is 37.0. The first-order valence-corrected chi connectivity index (χ1v) is 22.6. The number of piperidine rings is 1. The number of aliphatic hydroxyl groups is 2. The number of rotatable bonds is 5. The van der Waals surface area contributed by atoms with E-state index in [4.69, 9.17) is 33.1 Å². The van der Waals surface area contributed by atoms with Gasteiger partial charge in [0.25, 0.3) is 11.7 Å². The number of amides is 1. The molecule has 4 N–H and O–H groups in total. The Morgan fingerprint density at radius 3 is 2.39 bits per heavy atom. The molecule has 1 fully saturated rings. The van der Waals surface area contributed by atoms with Crippen LogP contribution in [-0.2, 0) is 23.8 Å². The van der Waals surface area contributed by atoms with Gasteiger partial charge in [-0.25, -0.2) is 4.98 Å². The molecule has 3 aromatic carbocycles. The van der Waals surface area contributed by atoms with Gasteiger partial charge in [0, 0.05) is 86.9 Å². The highest BCUT2D eigenvalue weighted by molar-refractivity contribution is 6.26. The first-order chi connectivity index (χ1) is 31.2. The molecule has 0 unspecified atom stereocenters. The van der Waals surface area contributed by atoms with Crippen LogP contribution >= 0.6 is 0 Å². The van der Waals surface area contributed by atoms with Gasteiger partial charge in [-0.1, -0.05) is 39.0 Å². The molecule has 3 aliphatic heterocycles. The minimum absolute atomic E-state index is 0.00368. The Balaban J connectivity index is 1.39. The number of Topliss-reactive ketones (excluding diaryl/α,β-unsaturated/α-hetero) is 1. The Kier molecular flexibility index (Phi) is 14.0. The summed E-state index contributed by atoms with van der Waals surface area (Å²) in [6.45, 7) is 17.0. The lowest BCUT2D eigenvalue weighted by molar-refractivity contribution is -0.158. The number of ether oxygens (including phenoxy) is 5. The summed E-state index contributed by atoms with van der Waals surface area (Å²) in [5.41, 5.74) is -0.406. The number of carbonyl (C=O) groups excluding carboxylic acids is 3. The zero-order valence-electron chi connectivity index (χ0n) is 39.2. The maximum atomic E-state index is 14.8. The average molecular weight is 912 g/mol. The molecular formula is C50H61N3O13. The van der Waals surface area contributed by atoms with Crippen LogP contribution in [0.2, 0.25) is 0 Å². The Morgan fingerprint density at radius 1 is 1.02 bits per heavy atom. The van der Waals surface area contributed by atoms with Crippen molar-refractivity contribution in [1.82, 2.24) is 9.88 Å². The number of aromatic nitrogens is 1. The van der Waals surface area contributed by atoms with Crippen molar-refractivity contribution in [2.75, 3.05) is 25.5 Å². The maximum Gasteiger partial charge on any atom is 0.312 e. The van der Waals surface area contributed by atoms with Crippen LogP contribution in [0.1, 0.15) is 90.6 Å². The van der Waals surface area contributed by atoms with Crippen LogP contribution in [0.15, 0.2) is 63.6 Å². The smallest absolute Gasteiger partial charge is 0.312 e. The molecule has 1 saturated heterocycles. The maximum absolute atomic E-state index is 14.8. The van der Waals surface area contributed by atoms with E-state index in [9.17, 15) is 34.5 Å². The highest BCUT2D eigenvalue weighted by atomic mass is 16.7. The molecular weight excluding hydrogens is 851 g/mol. The third kappa shape index (κ3) is 9.28. The topological polar surface area (TPSA) is 216 Å². The predicted molar refractivity (Wildman–Crippen MR) is 248 cm³/mol. The second-order valence-corrected chi connectivity index (χ2v) is 18.3. The molecule has 8 atom stereocenters. The van der Waals surface area contributed by atoms with Crippen LogP contribution in [-0.4, -0.2) is 105 Å². The number of phenolic OH excluding ortho intramolecular Hbond substituents is 1. The SMILES string of the molecule is CO[C@H]1/C=C/O[C@@]2(C)Oc3c(C)c(=O)c4c(O)c(c5oc6cc(OC7CCN(C(C)C)CC7)ccc6nc5c4c3C2=O)NC(=O)/C(C)=C\C=C\[C@H](C)[C@H](O)C[C@@H](O)[C@@H](C)[C@H](OC(C)=O)[C@@H]1C. The number of aliphatic hydroxyl groups excluding tert-OH is 2. The number of ketones is 1. The Hall–Kier alpha value is -5.81. The van der Waals surface area contributed by atoms with Crippen LogP contribution < -0.4 is 20.2 Å². The second kappa shape index (κ2) is 19.2. The van der Waals surface area contributed by atoms with E-state index >= 15 is 0 Å². The van der Waals surface area contributed by atoms with Crippen molar-refractivity contribution in [3.63, 3.8) is 0 Å². The number of benzene rings is 3. The van der Waals surface area contributed by atoms with Gasteiger partial charge in [-0.05, 0) is 58.7 Å². The van der Waals surface area contributed by atoms with Gasteiger partial charge in [0.15, 0.2) is 22.3 Å². The number of anilines is 1. The number of hydrogen-bond donors (Lipinski definition) is 4. The van der Waals surface area contributed by atoms with Crippen molar-refractivity contribution >= 4 is 56.3 Å². The largest absolute Gasteiger partial charge is 0.505 e. The van der Waals surface area contributed by atoms with Crippen LogP contribution in [0.25, 0.3) is 33.0 Å². The van der Waals surface area contributed by atoms with E-state index < -0.39 is 76.8 Å². The van der Waals surface area contributed by atoms with Crippen LogP contribution in [0.5, 0.6) is 17.2 Å². The molecule has 4 aromatic rings. The van der Waals surface area contributed by atoms with Gasteiger partial charge in [0.1, 0.15) is 40.4 Å². The van der Waals surface area contributed by atoms with Crippen molar-refractivity contribution in [1.29, 1.82) is 0 Å². The normalized spacial score (nSPS) is 29.1. The number of hydrogen-bond acceptors (Lipinski definition) is 15. The molecule has 16 nitrogen and oxygen atoms in total. The standard InChI is InChI=1S/C50H61N3O13/c1-24(2)53-19-16-31(17-20-53)64-32-14-15-33-37(22-32)65-47-41(51-33)38-39-43(57)29(7)46-40(38)48(59)50(9,66-46)62-21-18-36(61-10)28(6)45(63-30(8)54)27(5)35(56)23-34(55)25(3)12-11-13-26(4)49(60)52-42(47)44(39)58/h11-15,18,21-22,24-25,27-28,31,34-36,45,55-56,58H,16-17,19-20,23H2,1-10H3,(H,52,60)/b12-11+,21-18+,26-13-/t25-,27+,28+,34+,35+,36-,45-,50-/m0/s1. The quantitative estimate of drug-likeness (QED) is 0.0686. The molecule has 66 heavy (non-hydrogen) atoms. The molecule has 4 heterocycles. The van der Waals surface area contributed by atoms with E-state index in [1.54, 1.807) is 58.0 Å². The van der Waals surface area contributed by atoms with Crippen molar-refractivity contribution in [3.8, 4) is 17.2 Å². The second-order valence-electron chi connectivity index (χ2n) is 18.3. The Bertz CT molecular complexity index is 2700. The molecule has 0 spiro atoms. The number of phenols is 1. The molecule has 354 valence electrons. The summed E-state index contributed by atoms with van der Waals surface area (Å²) in [7, 11) is 1.45. The monoisotopic (exact) mass is 911 g/mol. The molecule has 0 radical (unpaired) electrons. The van der Waals surface area contributed by atoms with Gasteiger partial charge in [0.2, 0.25) is 0 Å². The third-order valence-corrected chi connectivity index (χ3v) is 13.4. The molecule has 7 rings (SSSR count). The van der Waals surface area contributed by atoms with Gasteiger partial charge in [-0.3, -0.25) is 19.2 Å². The number of allylic oxidation sites excluding steroid dienone is 2. The van der Waals surface area contributed by atoms with E-state index in [1.165, 1.54) is 46.3 Å². The number of aromatic hydroxyl groups is 1. The zero-order chi connectivity index (χ0) is 47.9. The summed E-state index contributed by atoms with van der Waals surface area (Å²) in [6.07, 6.45) is 5.28. The lowest BCUT2D eigenvalue weighted by atomic mass is 9.83. The number of nitrogens with zero attached hydrogens (tertiary/aromatic N) is 2. The fourth-order valence-electron chi connectivity index (χ4n) is 9.12. The van der Waals surface area contributed by atoms with Crippen molar-refractivity contribution in [2.45, 2.75) is 124 Å². The fourth-order valence-corrected chi connectivity index (χ4v) is 9.12. The van der Waals surface area contributed by atoms with Crippen LogP contribution in [0.4, 0.5) is 5.69 Å². The average Bonchev–Trinajstić information content (AvgIpc) is 3.54. The number of methoxy groups -OCH3 is 1. The van der Waals surface area contributed by atoms with Gasteiger partial charge < -0.3 is 53.6 Å². The minimum atomic E-state index is -2.04. The number of fused-ring (bicyclic) bond motifs is 2. The Morgan fingerprint density at radius 2 is 1.73 bits per heavy atom. The van der Waals surface area contributed by atoms with Crippen molar-refractivity contribution in [3.05, 3.63) is 75.7 Å². The van der Waals surface area contributed by atoms with E-state index in [-0.39, 0.29) is 68.1 Å². The Labute approximate surface area is 383 Å². The van der Waals surface area contributed by atoms with E-state index in [1.807, 2.05) is 0 Å². The number of nitrogens with one attached hydrogen (secondary N) is 1. The highest BCUT2D eigenvalue weighted by Gasteiger charge is 2.49. The molecule has 16 heteroatoms. The molecule has 1 amide bonds. The van der Waals surface area contributed by atoms with Gasteiger partial charge in [-0.2, -0.15) is 0 Å². The van der Waals surface area contributed by atoms with Gasteiger partial charge >= 0.3 is 11.8 Å². The summed E-state index contributed by atoms with van der Waals surface area (Å²) in [4.78, 5) is 62.8. The first-order valence-electron chi connectivity index (χ1n) is 22.6. The zero-order valence-corrected chi connectivity index (χ0v) is 39.2. The van der Waals surface area contributed by atoms with Gasteiger partial charge in [0.05, 0.1) is 35.5 Å². The number of carbonyl (C=O) groups is 3. The van der Waals surface area contributed by atoms with Crippen LogP contribution in [0, 0.1) is 24.7 Å². The lowest BCUT2D eigenvalue weighted by Crippen LogP contribution is -2.43. The van der Waals surface area contributed by atoms with Crippen LogP contribution in [0.3, 0.4) is 0 Å². The molecule has 0 saturated carbocycles. The summed E-state index contributed by atoms with van der Waals surface area (Å²) < 4.78 is 36.8. The van der Waals surface area contributed by atoms with E-state index in [2.05, 4.69) is 24.1 Å². The van der Waals surface area contributed by atoms with Gasteiger partial charge in [-0.15, -0.1) is 0 Å². The number of esters is 1. The predicted octanol–water partition coefficient (Wildman–Crippen LogP) is 7.00. The molecule has 0 aliphatic carbocycles. The number of likely N-dealkylation sites (tertiary alicyclic amines) is 1. The summed E-state index contributed by atoms with van der Waals surface area (Å²) >= 11 is 0. The van der Waals surface area contributed by atoms with E-state index in [0.29, 0.717) is 17.3 Å². The molecule has 3 aliphatic rings. The van der Waals surface area contributed by atoms with Crippen molar-refractivity contribution < 1.29 is 57.8 Å². The molecule has 4 bridgehead atoms. The minimum Gasteiger partial charge on any atom is -0.505 e. The lowest BCUT2D eigenvalue weighted by Gasteiger charge is -2.35. The van der Waals surface area contributed by atoms with Crippen molar-refractivity contribution in [2.24, 2.45) is 17.8 Å². The fraction of sp³-hybridized carbons (Fsp3) is 0.500. The van der Waals surface area contributed by atoms with E-state index in [0.717, 1.165) is 25.9 Å². The highest BCUT2D eigenvalue weighted by Crippen LogP contribution is 2.48. The molecule has 1 aromatic heterocycles. The summed E-state index contributed by atoms with van der Waals surface area (Å²) in [6, 6.07) is 5.59.